The van der Waals surface area contributed by atoms with Crippen LogP contribution in [0.4, 0.5) is 0 Å². The van der Waals surface area contributed by atoms with Crippen molar-refractivity contribution in [3.63, 3.8) is 0 Å². The monoisotopic (exact) mass is 248 g/mol. The van der Waals surface area contributed by atoms with Gasteiger partial charge in [-0.25, -0.2) is 13.1 Å². The van der Waals surface area contributed by atoms with E-state index < -0.39 is 10.0 Å². The summed E-state index contributed by atoms with van der Waals surface area (Å²) in [4.78, 5) is 0. The lowest BCUT2D eigenvalue weighted by Gasteiger charge is -2.13. The standard InChI is InChI=1S/C10H20N2O3S/c11-10(9-1-2-9)5-12-16(13,14)7-8-3-4-15-6-8/h8-10,12H,1-7,11H2. The largest absolute Gasteiger partial charge is 0.381 e. The molecule has 16 heavy (non-hydrogen) atoms. The highest BCUT2D eigenvalue weighted by Crippen LogP contribution is 2.31. The summed E-state index contributed by atoms with van der Waals surface area (Å²) in [5.41, 5.74) is 5.84. The minimum absolute atomic E-state index is 0.0189. The van der Waals surface area contributed by atoms with Crippen molar-refractivity contribution < 1.29 is 13.2 Å². The maximum atomic E-state index is 11.7. The van der Waals surface area contributed by atoms with Crippen LogP contribution in [0, 0.1) is 11.8 Å². The van der Waals surface area contributed by atoms with Crippen LogP contribution in [0.1, 0.15) is 19.3 Å². The zero-order valence-corrected chi connectivity index (χ0v) is 10.2. The average Bonchev–Trinajstić information content (AvgIpc) is 2.96. The molecule has 2 rings (SSSR count). The van der Waals surface area contributed by atoms with E-state index in [1.165, 1.54) is 0 Å². The van der Waals surface area contributed by atoms with Gasteiger partial charge in [0, 0.05) is 19.2 Å². The van der Waals surface area contributed by atoms with E-state index in [1.54, 1.807) is 0 Å². The molecule has 2 aliphatic rings. The molecule has 0 radical (unpaired) electrons. The number of nitrogens with two attached hydrogens (primary N) is 1. The number of hydrogen-bond donors (Lipinski definition) is 2. The minimum Gasteiger partial charge on any atom is -0.381 e. The summed E-state index contributed by atoms with van der Waals surface area (Å²) in [5, 5.41) is 0. The number of sulfonamides is 1. The SMILES string of the molecule is NC(CNS(=O)(=O)CC1CCOC1)C1CC1. The van der Waals surface area contributed by atoms with Gasteiger partial charge in [-0.05, 0) is 31.1 Å². The van der Waals surface area contributed by atoms with Crippen LogP contribution in [0.15, 0.2) is 0 Å². The van der Waals surface area contributed by atoms with Crippen LogP contribution >= 0.6 is 0 Å². The second-order valence-electron chi connectivity index (χ2n) is 4.86. The molecule has 1 heterocycles. The first-order valence-corrected chi connectivity index (χ1v) is 7.53. The van der Waals surface area contributed by atoms with Gasteiger partial charge in [0.1, 0.15) is 0 Å². The number of hydrogen-bond acceptors (Lipinski definition) is 4. The van der Waals surface area contributed by atoms with E-state index in [1.807, 2.05) is 0 Å². The third-order valence-corrected chi connectivity index (χ3v) is 4.76. The fourth-order valence-electron chi connectivity index (χ4n) is 2.00. The van der Waals surface area contributed by atoms with E-state index in [-0.39, 0.29) is 17.7 Å². The number of nitrogens with one attached hydrogen (secondary N) is 1. The third-order valence-electron chi connectivity index (χ3n) is 3.25. The average molecular weight is 248 g/mol. The molecule has 0 spiro atoms. The Balaban J connectivity index is 1.73. The number of ether oxygens (including phenoxy) is 1. The molecule has 0 amide bonds. The molecule has 2 atom stereocenters. The van der Waals surface area contributed by atoms with Crippen molar-refractivity contribution in [2.75, 3.05) is 25.5 Å². The van der Waals surface area contributed by atoms with E-state index in [4.69, 9.17) is 10.5 Å². The molecule has 1 saturated heterocycles. The Kier molecular flexibility index (Phi) is 3.84. The Labute approximate surface area is 96.8 Å². The van der Waals surface area contributed by atoms with Gasteiger partial charge in [0.2, 0.25) is 10.0 Å². The molecule has 1 saturated carbocycles. The fourth-order valence-corrected chi connectivity index (χ4v) is 3.45. The van der Waals surface area contributed by atoms with Gasteiger partial charge >= 0.3 is 0 Å². The molecule has 1 aliphatic carbocycles. The minimum atomic E-state index is -3.18. The van der Waals surface area contributed by atoms with Crippen LogP contribution in [-0.2, 0) is 14.8 Å². The molecular formula is C10H20N2O3S. The maximum Gasteiger partial charge on any atom is 0.212 e. The molecule has 0 aromatic heterocycles. The highest BCUT2D eigenvalue weighted by molar-refractivity contribution is 7.89. The normalized spacial score (nSPS) is 28.2. The molecule has 94 valence electrons. The molecule has 0 aromatic rings. The van der Waals surface area contributed by atoms with Crippen LogP contribution < -0.4 is 10.5 Å². The molecule has 3 N–H and O–H groups in total. The van der Waals surface area contributed by atoms with Crippen molar-refractivity contribution in [2.45, 2.75) is 25.3 Å². The molecular weight excluding hydrogens is 228 g/mol. The Bertz CT molecular complexity index is 321. The number of rotatable bonds is 6. The smallest absolute Gasteiger partial charge is 0.212 e. The summed E-state index contributed by atoms with van der Waals surface area (Å²) in [6.45, 7) is 1.62. The van der Waals surface area contributed by atoms with E-state index in [2.05, 4.69) is 4.72 Å². The van der Waals surface area contributed by atoms with Crippen LogP contribution in [-0.4, -0.2) is 40.0 Å². The molecule has 6 heteroatoms. The lowest BCUT2D eigenvalue weighted by Crippen LogP contribution is -2.40. The molecule has 2 unspecified atom stereocenters. The Morgan fingerprint density at radius 3 is 2.69 bits per heavy atom. The summed E-state index contributed by atoms with van der Waals surface area (Å²) in [7, 11) is -3.18. The first-order chi connectivity index (χ1) is 7.57. The van der Waals surface area contributed by atoms with E-state index >= 15 is 0 Å². The molecule has 1 aliphatic heterocycles. The Hall–Kier alpha value is -0.170. The summed E-state index contributed by atoms with van der Waals surface area (Å²) in [5.74, 6) is 0.844. The topological polar surface area (TPSA) is 81.4 Å². The van der Waals surface area contributed by atoms with Crippen LogP contribution in [0.2, 0.25) is 0 Å². The van der Waals surface area contributed by atoms with Crippen molar-refractivity contribution >= 4 is 10.0 Å². The summed E-state index contributed by atoms with van der Waals surface area (Å²) < 4.78 is 31.2. The zero-order valence-electron chi connectivity index (χ0n) is 9.39. The lowest BCUT2D eigenvalue weighted by molar-refractivity contribution is 0.188. The maximum absolute atomic E-state index is 11.7. The van der Waals surface area contributed by atoms with E-state index in [0.717, 1.165) is 19.3 Å². The van der Waals surface area contributed by atoms with Gasteiger partial charge < -0.3 is 10.5 Å². The van der Waals surface area contributed by atoms with Gasteiger partial charge in [0.15, 0.2) is 0 Å². The molecule has 0 bridgehead atoms. The molecule has 0 aromatic carbocycles. The Morgan fingerprint density at radius 2 is 2.12 bits per heavy atom. The van der Waals surface area contributed by atoms with Gasteiger partial charge in [-0.1, -0.05) is 0 Å². The van der Waals surface area contributed by atoms with E-state index in [9.17, 15) is 8.42 Å². The molecule has 2 fully saturated rings. The van der Waals surface area contributed by atoms with Crippen molar-refractivity contribution in [1.29, 1.82) is 0 Å². The fraction of sp³-hybridized carbons (Fsp3) is 1.00. The quantitative estimate of drug-likeness (QED) is 0.675. The van der Waals surface area contributed by atoms with E-state index in [0.29, 0.717) is 25.7 Å². The first kappa shape index (κ1) is 12.3. The summed E-state index contributed by atoms with van der Waals surface area (Å²) in [6, 6.07) is -0.0189. The second-order valence-corrected chi connectivity index (χ2v) is 6.71. The van der Waals surface area contributed by atoms with Crippen molar-refractivity contribution in [2.24, 2.45) is 17.6 Å². The highest BCUT2D eigenvalue weighted by Gasteiger charge is 2.30. The lowest BCUT2D eigenvalue weighted by atomic mass is 10.2. The second kappa shape index (κ2) is 5.00. The van der Waals surface area contributed by atoms with Crippen LogP contribution in [0.3, 0.4) is 0 Å². The van der Waals surface area contributed by atoms with Gasteiger partial charge in [0.05, 0.1) is 12.4 Å². The zero-order chi connectivity index (χ0) is 11.6. The first-order valence-electron chi connectivity index (χ1n) is 5.87. The van der Waals surface area contributed by atoms with Gasteiger partial charge in [-0.15, -0.1) is 0 Å². The van der Waals surface area contributed by atoms with Gasteiger partial charge in [-0.2, -0.15) is 0 Å². The highest BCUT2D eigenvalue weighted by atomic mass is 32.2. The third kappa shape index (κ3) is 3.69. The van der Waals surface area contributed by atoms with Gasteiger partial charge in [-0.3, -0.25) is 0 Å². The van der Waals surface area contributed by atoms with Crippen molar-refractivity contribution in [1.82, 2.24) is 4.72 Å². The van der Waals surface area contributed by atoms with Crippen molar-refractivity contribution in [3.8, 4) is 0 Å². The predicted octanol–water partition coefficient (Wildman–Crippen LogP) is -0.320. The molecule has 5 nitrogen and oxygen atoms in total. The van der Waals surface area contributed by atoms with Crippen LogP contribution in [0.25, 0.3) is 0 Å². The Morgan fingerprint density at radius 1 is 1.38 bits per heavy atom. The van der Waals surface area contributed by atoms with Crippen molar-refractivity contribution in [3.05, 3.63) is 0 Å². The van der Waals surface area contributed by atoms with Crippen LogP contribution in [0.5, 0.6) is 0 Å². The van der Waals surface area contributed by atoms with Gasteiger partial charge in [0.25, 0.3) is 0 Å². The predicted molar refractivity (Wildman–Crippen MR) is 61.4 cm³/mol. The summed E-state index contributed by atoms with van der Waals surface area (Å²) in [6.07, 6.45) is 3.12. The summed E-state index contributed by atoms with van der Waals surface area (Å²) >= 11 is 0.